The second kappa shape index (κ2) is 10.1. The lowest BCUT2D eigenvalue weighted by molar-refractivity contribution is -0.122. The number of aromatic nitrogens is 3. The standard InChI is InChI=1S/C24H25ClN4OS/c1-31-15-12-21(24-27-19-6-2-3-7-20(19)28-24)26-23(30)16-22(29-13-4-5-14-29)17-8-10-18(25)11-9-17/h2-11,13-14,21-22H,12,15-16H2,1H3,(H,26,30)(H,27,28)/t21-,22-/m1/s1. The number of nitrogens with zero attached hydrogens (tertiary/aromatic N) is 2. The van der Waals surface area contributed by atoms with E-state index in [-0.39, 0.29) is 18.0 Å². The summed E-state index contributed by atoms with van der Waals surface area (Å²) in [6.45, 7) is 0. The quantitative estimate of drug-likeness (QED) is 0.347. The number of benzene rings is 2. The number of hydrogen-bond donors (Lipinski definition) is 2. The van der Waals surface area contributed by atoms with E-state index in [0.29, 0.717) is 11.4 Å². The van der Waals surface area contributed by atoms with Gasteiger partial charge in [0, 0.05) is 17.4 Å². The molecule has 0 saturated carbocycles. The number of H-pyrrole nitrogens is 1. The molecule has 1 amide bonds. The highest BCUT2D eigenvalue weighted by atomic mass is 35.5. The zero-order valence-corrected chi connectivity index (χ0v) is 18.9. The molecule has 0 radical (unpaired) electrons. The van der Waals surface area contributed by atoms with Crippen LogP contribution in [0.4, 0.5) is 0 Å². The molecule has 0 unspecified atom stereocenters. The van der Waals surface area contributed by atoms with Crippen LogP contribution in [0.25, 0.3) is 11.0 Å². The maximum absolute atomic E-state index is 13.2. The van der Waals surface area contributed by atoms with Gasteiger partial charge < -0.3 is 14.9 Å². The van der Waals surface area contributed by atoms with Crippen LogP contribution in [0.2, 0.25) is 5.02 Å². The molecule has 0 aliphatic carbocycles. The summed E-state index contributed by atoms with van der Waals surface area (Å²) in [6.07, 6.45) is 7.17. The van der Waals surface area contributed by atoms with Crippen molar-refractivity contribution in [2.45, 2.75) is 24.9 Å². The maximum Gasteiger partial charge on any atom is 0.223 e. The number of carbonyl (C=O) groups is 1. The van der Waals surface area contributed by atoms with Gasteiger partial charge in [-0.25, -0.2) is 4.98 Å². The minimum Gasteiger partial charge on any atom is -0.346 e. The van der Waals surface area contributed by atoms with Gasteiger partial charge in [0.25, 0.3) is 0 Å². The monoisotopic (exact) mass is 452 g/mol. The highest BCUT2D eigenvalue weighted by molar-refractivity contribution is 7.98. The molecule has 2 N–H and O–H groups in total. The molecule has 31 heavy (non-hydrogen) atoms. The number of aromatic amines is 1. The average molecular weight is 453 g/mol. The fourth-order valence-corrected chi connectivity index (χ4v) is 4.31. The van der Waals surface area contributed by atoms with E-state index in [4.69, 9.17) is 16.6 Å². The SMILES string of the molecule is CSCC[C@@H](NC(=O)C[C@H](c1ccc(Cl)cc1)n1cccc1)c1nc2ccccc2[nH]1. The normalized spacial score (nSPS) is 13.2. The van der Waals surface area contributed by atoms with Crippen molar-refractivity contribution in [3.05, 3.63) is 89.5 Å². The molecule has 0 aliphatic heterocycles. The van der Waals surface area contributed by atoms with Gasteiger partial charge in [0.05, 0.1) is 29.5 Å². The van der Waals surface area contributed by atoms with Crippen LogP contribution in [-0.4, -0.2) is 32.5 Å². The third kappa shape index (κ3) is 5.32. The van der Waals surface area contributed by atoms with E-state index in [2.05, 4.69) is 21.1 Å². The van der Waals surface area contributed by atoms with E-state index in [0.717, 1.165) is 34.6 Å². The van der Waals surface area contributed by atoms with Crippen LogP contribution in [-0.2, 0) is 4.79 Å². The number of para-hydroxylation sites is 2. The summed E-state index contributed by atoms with van der Waals surface area (Å²) in [4.78, 5) is 21.2. The molecule has 7 heteroatoms. The molecule has 2 aromatic heterocycles. The van der Waals surface area contributed by atoms with Crippen LogP contribution in [0.5, 0.6) is 0 Å². The topological polar surface area (TPSA) is 62.7 Å². The van der Waals surface area contributed by atoms with Gasteiger partial charge in [-0.15, -0.1) is 0 Å². The molecule has 5 nitrogen and oxygen atoms in total. The summed E-state index contributed by atoms with van der Waals surface area (Å²) in [5.41, 5.74) is 2.93. The van der Waals surface area contributed by atoms with Gasteiger partial charge in [-0.3, -0.25) is 4.79 Å². The van der Waals surface area contributed by atoms with Crippen LogP contribution < -0.4 is 5.32 Å². The summed E-state index contributed by atoms with van der Waals surface area (Å²) in [5.74, 6) is 1.72. The first-order chi connectivity index (χ1) is 15.1. The fourth-order valence-electron chi connectivity index (χ4n) is 3.72. The van der Waals surface area contributed by atoms with Gasteiger partial charge >= 0.3 is 0 Å². The number of carbonyl (C=O) groups excluding carboxylic acids is 1. The highest BCUT2D eigenvalue weighted by Gasteiger charge is 2.22. The molecule has 160 valence electrons. The predicted octanol–water partition coefficient (Wildman–Crippen LogP) is 5.61. The number of rotatable bonds is 9. The lowest BCUT2D eigenvalue weighted by Crippen LogP contribution is -2.31. The third-order valence-electron chi connectivity index (χ3n) is 5.30. The van der Waals surface area contributed by atoms with Crippen molar-refractivity contribution in [1.29, 1.82) is 0 Å². The zero-order chi connectivity index (χ0) is 21.6. The van der Waals surface area contributed by atoms with Crippen LogP contribution in [0.15, 0.2) is 73.1 Å². The Hall–Kier alpha value is -2.70. The van der Waals surface area contributed by atoms with Gasteiger partial charge in [0.1, 0.15) is 5.82 Å². The Morgan fingerprint density at radius 1 is 1.13 bits per heavy atom. The summed E-state index contributed by atoms with van der Waals surface area (Å²) >= 11 is 7.83. The van der Waals surface area contributed by atoms with Crippen LogP contribution in [0.1, 0.15) is 36.3 Å². The minimum absolute atomic E-state index is 0.0137. The fraction of sp³-hybridized carbons (Fsp3) is 0.250. The largest absolute Gasteiger partial charge is 0.346 e. The molecular weight excluding hydrogens is 428 g/mol. The van der Waals surface area contributed by atoms with E-state index < -0.39 is 0 Å². The van der Waals surface area contributed by atoms with E-state index in [9.17, 15) is 4.79 Å². The van der Waals surface area contributed by atoms with Crippen molar-refractivity contribution in [3.8, 4) is 0 Å². The lowest BCUT2D eigenvalue weighted by Gasteiger charge is -2.22. The first kappa shape index (κ1) is 21.5. The molecule has 0 aliphatic rings. The number of halogens is 1. The minimum atomic E-state index is -0.164. The summed E-state index contributed by atoms with van der Waals surface area (Å²) < 4.78 is 2.06. The summed E-state index contributed by atoms with van der Waals surface area (Å²) in [7, 11) is 0. The van der Waals surface area contributed by atoms with E-state index in [1.807, 2.05) is 73.1 Å². The van der Waals surface area contributed by atoms with Crippen LogP contribution in [0, 0.1) is 0 Å². The van der Waals surface area contributed by atoms with Crippen LogP contribution >= 0.6 is 23.4 Å². The van der Waals surface area contributed by atoms with Gasteiger partial charge in [0.2, 0.25) is 5.91 Å². The molecule has 2 aromatic carbocycles. The van der Waals surface area contributed by atoms with Crippen molar-refractivity contribution < 1.29 is 4.79 Å². The Morgan fingerprint density at radius 2 is 1.87 bits per heavy atom. The Morgan fingerprint density at radius 3 is 2.58 bits per heavy atom. The van der Waals surface area contributed by atoms with E-state index in [1.54, 1.807) is 11.8 Å². The molecule has 0 fully saturated rings. The molecule has 4 aromatic rings. The van der Waals surface area contributed by atoms with Gasteiger partial charge in [-0.05, 0) is 60.4 Å². The van der Waals surface area contributed by atoms with E-state index in [1.165, 1.54) is 0 Å². The van der Waals surface area contributed by atoms with Crippen molar-refractivity contribution in [3.63, 3.8) is 0 Å². The third-order valence-corrected chi connectivity index (χ3v) is 6.20. The summed E-state index contributed by atoms with van der Waals surface area (Å²) in [6, 6.07) is 19.3. The number of amides is 1. The Balaban J connectivity index is 1.54. The first-order valence-corrected chi connectivity index (χ1v) is 12.0. The van der Waals surface area contributed by atoms with Crippen LogP contribution in [0.3, 0.4) is 0 Å². The molecule has 4 rings (SSSR count). The van der Waals surface area contributed by atoms with Gasteiger partial charge in [-0.1, -0.05) is 35.9 Å². The Kier molecular flexibility index (Phi) is 6.99. The number of fused-ring (bicyclic) bond motifs is 1. The molecule has 0 spiro atoms. The van der Waals surface area contributed by atoms with Crippen molar-refractivity contribution in [2.75, 3.05) is 12.0 Å². The van der Waals surface area contributed by atoms with Gasteiger partial charge in [-0.2, -0.15) is 11.8 Å². The molecule has 2 heterocycles. The number of nitrogens with one attached hydrogen (secondary N) is 2. The van der Waals surface area contributed by atoms with Crippen molar-refractivity contribution in [1.82, 2.24) is 19.9 Å². The van der Waals surface area contributed by atoms with Crippen molar-refractivity contribution >= 4 is 40.3 Å². The molecule has 0 saturated heterocycles. The number of thioether (sulfide) groups is 1. The number of imidazole rings is 1. The zero-order valence-electron chi connectivity index (χ0n) is 17.3. The predicted molar refractivity (Wildman–Crippen MR) is 129 cm³/mol. The molecule has 0 bridgehead atoms. The highest BCUT2D eigenvalue weighted by Crippen LogP contribution is 2.25. The molecule has 2 atom stereocenters. The lowest BCUT2D eigenvalue weighted by atomic mass is 10.0. The Labute approximate surface area is 191 Å². The second-order valence-corrected chi connectivity index (χ2v) is 8.86. The van der Waals surface area contributed by atoms with Crippen molar-refractivity contribution in [2.24, 2.45) is 0 Å². The second-order valence-electron chi connectivity index (χ2n) is 7.44. The first-order valence-electron chi connectivity index (χ1n) is 10.2. The molecular formula is C24H25ClN4OS. The maximum atomic E-state index is 13.2. The summed E-state index contributed by atoms with van der Waals surface area (Å²) in [5, 5.41) is 3.90. The average Bonchev–Trinajstić information content (AvgIpc) is 3.45. The Bertz CT molecular complexity index is 1090. The smallest absolute Gasteiger partial charge is 0.223 e. The number of hydrogen-bond acceptors (Lipinski definition) is 3. The van der Waals surface area contributed by atoms with E-state index >= 15 is 0 Å². The van der Waals surface area contributed by atoms with Gasteiger partial charge in [0.15, 0.2) is 0 Å².